The van der Waals surface area contributed by atoms with Crippen molar-refractivity contribution in [2.24, 2.45) is 0 Å². The van der Waals surface area contributed by atoms with E-state index in [9.17, 15) is 19.8 Å². The fraction of sp³-hybridized carbons (Fsp3) is 0.432. The highest BCUT2D eigenvalue weighted by molar-refractivity contribution is 6.05. The fourth-order valence-corrected chi connectivity index (χ4v) is 5.61. The number of nitrogens with zero attached hydrogens (tertiary/aromatic N) is 2. The van der Waals surface area contributed by atoms with E-state index in [-0.39, 0.29) is 38.4 Å². The van der Waals surface area contributed by atoms with Gasteiger partial charge in [-0.1, -0.05) is 65.5 Å². The number of anilines is 1. The molecule has 0 saturated heterocycles. The summed E-state index contributed by atoms with van der Waals surface area (Å²) in [6.45, 7) is 12.7. The highest BCUT2D eigenvalue weighted by atomic mass is 16.3. The Hall–Kier alpha value is -3.93. The van der Waals surface area contributed by atoms with E-state index in [1.54, 1.807) is 0 Å². The van der Waals surface area contributed by atoms with Gasteiger partial charge < -0.3 is 15.1 Å². The summed E-state index contributed by atoms with van der Waals surface area (Å²) in [5.41, 5.74) is 3.23. The monoisotopic (exact) mass is 583 g/mol. The van der Waals surface area contributed by atoms with Crippen LogP contribution in [0.4, 0.5) is 5.69 Å². The van der Waals surface area contributed by atoms with Gasteiger partial charge in [0, 0.05) is 43.8 Å². The molecular formula is C37H47N2O4+. The molecule has 6 heteroatoms. The van der Waals surface area contributed by atoms with Gasteiger partial charge in [0.2, 0.25) is 10.9 Å². The zero-order valence-corrected chi connectivity index (χ0v) is 26.3. The predicted molar refractivity (Wildman–Crippen MR) is 179 cm³/mol. The minimum absolute atomic E-state index is 0.0171. The largest absolute Gasteiger partial charge is 0.506 e. The fourth-order valence-electron chi connectivity index (χ4n) is 5.61. The average Bonchev–Trinajstić information content (AvgIpc) is 3.02. The molecule has 0 bridgehead atoms. The first kappa shape index (κ1) is 32.0. The molecule has 6 nitrogen and oxygen atoms in total. The predicted octanol–water partition coefficient (Wildman–Crippen LogP) is 5.60. The minimum atomic E-state index is -0.364. The van der Waals surface area contributed by atoms with Gasteiger partial charge in [-0.05, 0) is 54.3 Å². The van der Waals surface area contributed by atoms with Gasteiger partial charge in [-0.15, -0.1) is 0 Å². The van der Waals surface area contributed by atoms with E-state index in [0.29, 0.717) is 16.7 Å². The Morgan fingerprint density at radius 3 is 1.74 bits per heavy atom. The molecule has 4 rings (SSSR count). The van der Waals surface area contributed by atoms with Gasteiger partial charge in [0.25, 0.3) is 0 Å². The molecule has 228 valence electrons. The number of aliphatic hydroxyl groups is 2. The zero-order valence-electron chi connectivity index (χ0n) is 26.3. The first-order valence-electron chi connectivity index (χ1n) is 16.1. The van der Waals surface area contributed by atoms with Crippen LogP contribution in [0.15, 0.2) is 75.3 Å². The second kappa shape index (κ2) is 15.0. The van der Waals surface area contributed by atoms with Crippen LogP contribution in [-0.2, 0) is 0 Å². The lowest BCUT2D eigenvalue weighted by molar-refractivity contribution is -0.527. The molecule has 0 heterocycles. The van der Waals surface area contributed by atoms with Crippen molar-refractivity contribution in [3.8, 4) is 0 Å². The molecule has 43 heavy (non-hydrogen) atoms. The van der Waals surface area contributed by atoms with Crippen molar-refractivity contribution in [3.63, 3.8) is 0 Å². The average molecular weight is 584 g/mol. The Balaban J connectivity index is 1.55. The summed E-state index contributed by atoms with van der Waals surface area (Å²) in [5.74, 6) is -0.214. The van der Waals surface area contributed by atoms with Gasteiger partial charge in [-0.3, -0.25) is 9.59 Å². The number of hydrogen-bond acceptors (Lipinski definition) is 5. The molecule has 0 aromatic heterocycles. The van der Waals surface area contributed by atoms with Crippen molar-refractivity contribution in [1.82, 2.24) is 0 Å². The van der Waals surface area contributed by atoms with E-state index in [1.165, 1.54) is 6.08 Å². The smallest absolute Gasteiger partial charge is 0.201 e. The first-order valence-corrected chi connectivity index (χ1v) is 16.1. The third-order valence-corrected chi connectivity index (χ3v) is 8.38. The van der Waals surface area contributed by atoms with Crippen molar-refractivity contribution in [2.45, 2.75) is 79.1 Å². The van der Waals surface area contributed by atoms with Crippen LogP contribution in [0.1, 0.15) is 84.6 Å². The lowest BCUT2D eigenvalue weighted by atomic mass is 9.87. The van der Waals surface area contributed by atoms with E-state index in [2.05, 4.69) is 37.2 Å². The summed E-state index contributed by atoms with van der Waals surface area (Å²) in [7, 11) is 0. The number of hydrogen-bond donors (Lipinski definition) is 2. The normalized spacial score (nSPS) is 14.6. The third-order valence-electron chi connectivity index (χ3n) is 8.38. The maximum Gasteiger partial charge on any atom is 0.201 e. The number of benzene rings is 1. The van der Waals surface area contributed by atoms with Crippen molar-refractivity contribution >= 4 is 28.6 Å². The van der Waals surface area contributed by atoms with Crippen LogP contribution >= 0.6 is 0 Å². The summed E-state index contributed by atoms with van der Waals surface area (Å²) in [6.07, 6.45) is 17.9. The Bertz CT molecular complexity index is 1590. The van der Waals surface area contributed by atoms with Gasteiger partial charge in [0.05, 0.1) is 21.6 Å². The quantitative estimate of drug-likeness (QED) is 0.267. The molecular weight excluding hydrogens is 536 g/mol. The SMILES string of the molecule is CCCCN(CCCC)c1ccc(C2=C(O)C(C=c3c(=O)c(=C4C=CC(=[N+](CCCC)CCCC)C=C4)c3=O)=C2O)cc1. The van der Waals surface area contributed by atoms with Crippen molar-refractivity contribution in [3.05, 3.63) is 102 Å². The molecule has 2 aromatic carbocycles. The number of unbranched alkanes of at least 4 members (excludes halogenated alkanes) is 4. The Morgan fingerprint density at radius 2 is 1.26 bits per heavy atom. The molecule has 2 N–H and O–H groups in total. The second-order valence-corrected chi connectivity index (χ2v) is 11.6. The molecule has 0 unspecified atom stereocenters. The molecule has 2 aliphatic carbocycles. The molecule has 2 aromatic rings. The maximum atomic E-state index is 13.0. The third kappa shape index (κ3) is 7.01. The molecule has 0 aliphatic heterocycles. The lowest BCUT2D eigenvalue weighted by Gasteiger charge is -2.26. The number of rotatable bonds is 15. The van der Waals surface area contributed by atoms with E-state index >= 15 is 0 Å². The highest BCUT2D eigenvalue weighted by Crippen LogP contribution is 2.40. The summed E-state index contributed by atoms with van der Waals surface area (Å²) in [6, 6.07) is 7.82. The van der Waals surface area contributed by atoms with E-state index in [0.717, 1.165) is 88.9 Å². The Labute approximate surface area is 255 Å². The molecule has 0 radical (unpaired) electrons. The van der Waals surface area contributed by atoms with Gasteiger partial charge >= 0.3 is 0 Å². The van der Waals surface area contributed by atoms with Crippen LogP contribution in [0, 0.1) is 0 Å². The molecule has 0 spiro atoms. The van der Waals surface area contributed by atoms with Gasteiger partial charge in [0.1, 0.15) is 24.6 Å². The van der Waals surface area contributed by atoms with Gasteiger partial charge in [-0.2, -0.15) is 0 Å². The van der Waals surface area contributed by atoms with Crippen LogP contribution in [0.5, 0.6) is 0 Å². The van der Waals surface area contributed by atoms with Crippen molar-refractivity contribution in [1.29, 1.82) is 0 Å². The van der Waals surface area contributed by atoms with E-state index in [1.807, 2.05) is 48.6 Å². The van der Waals surface area contributed by atoms with Crippen LogP contribution in [0.3, 0.4) is 0 Å². The first-order chi connectivity index (χ1) is 20.9. The molecule has 0 amide bonds. The topological polar surface area (TPSA) is 80.8 Å². The highest BCUT2D eigenvalue weighted by Gasteiger charge is 2.30. The second-order valence-electron chi connectivity index (χ2n) is 11.6. The Kier molecular flexibility index (Phi) is 11.2. The number of allylic oxidation sites excluding steroid dienone is 6. The van der Waals surface area contributed by atoms with E-state index in [4.69, 9.17) is 0 Å². The van der Waals surface area contributed by atoms with Crippen LogP contribution < -0.4 is 26.2 Å². The molecule has 0 saturated carbocycles. The summed E-state index contributed by atoms with van der Waals surface area (Å²) in [4.78, 5) is 28.4. The zero-order chi connectivity index (χ0) is 30.9. The standard InChI is InChI=1S/C37H46N2O4/c1-5-9-21-38(22-10-6-2)28-17-13-26(14-18-28)32-34(40)30(35(32)41)25-31-36(42)33(37(31)43)27-15-19-29(20-16-27)39(23-11-7-3)24-12-8-4/h13-20,25H,5-12,21-24H2,1-4H3,(H-,40,41,42,43)/p+1. The minimum Gasteiger partial charge on any atom is -0.506 e. The van der Waals surface area contributed by atoms with Crippen molar-refractivity contribution in [2.75, 3.05) is 31.1 Å². The summed E-state index contributed by atoms with van der Waals surface area (Å²) >= 11 is 0. The summed E-state index contributed by atoms with van der Waals surface area (Å²) < 4.78 is 2.36. The van der Waals surface area contributed by atoms with E-state index < -0.39 is 0 Å². The van der Waals surface area contributed by atoms with Crippen LogP contribution in [0.25, 0.3) is 17.2 Å². The number of aliphatic hydroxyl groups excluding tert-OH is 2. The lowest BCUT2D eigenvalue weighted by Crippen LogP contribution is -2.65. The van der Waals surface area contributed by atoms with Crippen LogP contribution in [-0.4, -0.2) is 46.7 Å². The molecule has 0 atom stereocenters. The molecule has 0 fully saturated rings. The maximum absolute atomic E-state index is 13.0. The Morgan fingerprint density at radius 1 is 0.721 bits per heavy atom. The summed E-state index contributed by atoms with van der Waals surface area (Å²) in [5, 5.41) is 21.7. The van der Waals surface area contributed by atoms with Gasteiger partial charge in [0.15, 0.2) is 5.71 Å². The van der Waals surface area contributed by atoms with Crippen molar-refractivity contribution < 1.29 is 14.8 Å². The molecule has 2 aliphatic rings. The van der Waals surface area contributed by atoms with Gasteiger partial charge in [-0.25, -0.2) is 4.58 Å². The van der Waals surface area contributed by atoms with Crippen LogP contribution in [0.2, 0.25) is 0 Å².